The topological polar surface area (TPSA) is 0 Å². The third kappa shape index (κ3) is 3.61. The third-order valence-corrected chi connectivity index (χ3v) is 3.64. The predicted octanol–water partition coefficient (Wildman–Crippen LogP) is 5.30. The van der Waals surface area contributed by atoms with E-state index in [1.165, 1.54) is 59.6 Å². The predicted molar refractivity (Wildman–Crippen MR) is 76.9 cm³/mol. The van der Waals surface area contributed by atoms with Crippen LogP contribution in [-0.2, 0) is 32.6 Å². The van der Waals surface area contributed by atoms with Crippen LogP contribution in [0.4, 0.5) is 0 Å². The maximum atomic E-state index is 2.34. The van der Waals surface area contributed by atoms with Crippen molar-refractivity contribution in [3.8, 4) is 0 Å². The molecule has 1 heteroatoms. The number of fused-ring (bicyclic) bond motifs is 1. The van der Waals surface area contributed by atoms with Crippen molar-refractivity contribution in [3.63, 3.8) is 0 Å². The van der Waals surface area contributed by atoms with Crippen LogP contribution in [0.25, 0.3) is 10.8 Å². The van der Waals surface area contributed by atoms with Gasteiger partial charge in [0, 0.05) is 26.2 Å². The molecular formula is C17H23Zr-. The smallest absolute Gasteiger partial charge is 0 e. The van der Waals surface area contributed by atoms with Gasteiger partial charge in [0.2, 0.25) is 0 Å². The summed E-state index contributed by atoms with van der Waals surface area (Å²) in [6.07, 6.45) is 6.62. The Labute approximate surface area is 130 Å². The summed E-state index contributed by atoms with van der Waals surface area (Å²) in [5, 5.41) is 2.94. The van der Waals surface area contributed by atoms with Crippen molar-refractivity contribution in [3.05, 3.63) is 41.0 Å². The van der Waals surface area contributed by atoms with Crippen molar-refractivity contribution in [2.45, 2.75) is 52.9 Å². The van der Waals surface area contributed by atoms with Gasteiger partial charge in [0.25, 0.3) is 0 Å². The molecule has 2 aromatic rings. The average Bonchev–Trinajstić information content (AvgIpc) is 2.70. The van der Waals surface area contributed by atoms with E-state index in [4.69, 9.17) is 0 Å². The van der Waals surface area contributed by atoms with Crippen LogP contribution in [0.2, 0.25) is 0 Å². The number of hydrogen-bond donors (Lipinski definition) is 0. The van der Waals surface area contributed by atoms with Crippen molar-refractivity contribution < 1.29 is 26.2 Å². The van der Waals surface area contributed by atoms with Crippen LogP contribution in [0.1, 0.15) is 49.3 Å². The second-order valence-electron chi connectivity index (χ2n) is 5.21. The van der Waals surface area contributed by atoms with Crippen molar-refractivity contribution >= 4 is 10.8 Å². The number of rotatable bonds is 5. The van der Waals surface area contributed by atoms with Crippen molar-refractivity contribution in [1.82, 2.24) is 0 Å². The Morgan fingerprint density at radius 3 is 2.56 bits per heavy atom. The fourth-order valence-corrected chi connectivity index (χ4v) is 2.61. The molecule has 0 heterocycles. The molecule has 2 rings (SSSR count). The van der Waals surface area contributed by atoms with Gasteiger partial charge in [-0.15, -0.1) is 34.0 Å². The largest absolute Gasteiger partial charge is 0.165 e. The molecule has 0 aliphatic rings. The molecule has 0 aliphatic carbocycles. The molecule has 2 aromatic carbocycles. The summed E-state index contributed by atoms with van der Waals surface area (Å²) in [7, 11) is 0. The first-order valence-corrected chi connectivity index (χ1v) is 6.88. The number of unbranched alkanes of at least 4 members (excludes halogenated alkanes) is 3. The van der Waals surface area contributed by atoms with Gasteiger partial charge in [0.1, 0.15) is 0 Å². The number of benzene rings is 1. The molecule has 0 N–H and O–H groups in total. The second kappa shape index (κ2) is 7.34. The molecule has 0 unspecified atom stereocenters. The fraction of sp³-hybridized carbons (Fsp3) is 0.471. The van der Waals surface area contributed by atoms with E-state index in [-0.39, 0.29) is 26.2 Å². The molecule has 0 spiro atoms. The molecule has 0 fully saturated rings. The van der Waals surface area contributed by atoms with Crippen LogP contribution < -0.4 is 0 Å². The van der Waals surface area contributed by atoms with Gasteiger partial charge < -0.3 is 0 Å². The van der Waals surface area contributed by atoms with E-state index in [2.05, 4.69) is 45.0 Å². The normalized spacial score (nSPS) is 10.6. The van der Waals surface area contributed by atoms with Crippen LogP contribution in [0.15, 0.2) is 24.3 Å². The molecule has 0 amide bonds. The van der Waals surface area contributed by atoms with Crippen molar-refractivity contribution in [1.29, 1.82) is 0 Å². The summed E-state index contributed by atoms with van der Waals surface area (Å²) in [5.41, 5.74) is 4.34. The summed E-state index contributed by atoms with van der Waals surface area (Å²) < 4.78 is 0. The van der Waals surface area contributed by atoms with E-state index in [0.717, 1.165) is 0 Å². The molecule has 96 valence electrons. The van der Waals surface area contributed by atoms with Crippen LogP contribution in [0.3, 0.4) is 0 Å². The molecule has 0 aromatic heterocycles. The van der Waals surface area contributed by atoms with Gasteiger partial charge in [-0.2, -0.15) is 6.07 Å². The quantitative estimate of drug-likeness (QED) is 0.518. The third-order valence-electron chi connectivity index (χ3n) is 3.64. The summed E-state index contributed by atoms with van der Waals surface area (Å²) >= 11 is 0. The molecule has 0 aliphatic heterocycles. The summed E-state index contributed by atoms with van der Waals surface area (Å²) in [4.78, 5) is 0. The molecule has 0 radical (unpaired) electrons. The van der Waals surface area contributed by atoms with Crippen molar-refractivity contribution in [2.75, 3.05) is 0 Å². The first-order valence-electron chi connectivity index (χ1n) is 6.88. The van der Waals surface area contributed by atoms with Gasteiger partial charge in [0.05, 0.1) is 0 Å². The Bertz CT molecular complexity index is 494. The minimum Gasteiger partial charge on any atom is -0.165 e. The van der Waals surface area contributed by atoms with Crippen molar-refractivity contribution in [2.24, 2.45) is 0 Å². The zero-order valence-corrected chi connectivity index (χ0v) is 14.3. The Hall–Kier alpha value is -0.287. The van der Waals surface area contributed by atoms with Gasteiger partial charge in [-0.3, -0.25) is 0 Å². The Kier molecular flexibility index (Phi) is 6.43. The fourth-order valence-electron chi connectivity index (χ4n) is 2.61. The van der Waals surface area contributed by atoms with E-state index in [1.807, 2.05) is 0 Å². The Balaban J connectivity index is 0.00000162. The van der Waals surface area contributed by atoms with Crippen LogP contribution in [0.5, 0.6) is 0 Å². The number of hydrogen-bond acceptors (Lipinski definition) is 0. The Morgan fingerprint density at radius 2 is 1.83 bits per heavy atom. The summed E-state index contributed by atoms with van der Waals surface area (Å²) in [6, 6.07) is 9.26. The van der Waals surface area contributed by atoms with E-state index < -0.39 is 0 Å². The van der Waals surface area contributed by atoms with Gasteiger partial charge in [0.15, 0.2) is 0 Å². The Morgan fingerprint density at radius 1 is 1.06 bits per heavy atom. The minimum absolute atomic E-state index is 0. The van der Waals surface area contributed by atoms with Gasteiger partial charge in [-0.05, 0) is 6.42 Å². The molecule has 0 bridgehead atoms. The maximum absolute atomic E-state index is 2.34. The standard InChI is InChI=1S/C17H23.Zr/c1-4-5-6-7-8-15-10-9-14(3)16-11-13(2)12-17(15)16;/h9-12H,4-8H2,1-3H3;/q-1;. The first kappa shape index (κ1) is 15.8. The number of aryl methyl sites for hydroxylation is 3. The van der Waals surface area contributed by atoms with E-state index >= 15 is 0 Å². The van der Waals surface area contributed by atoms with Gasteiger partial charge in [-0.1, -0.05) is 58.1 Å². The summed E-state index contributed by atoms with van der Waals surface area (Å²) in [6.45, 7) is 6.67. The molecule has 0 atom stereocenters. The summed E-state index contributed by atoms with van der Waals surface area (Å²) in [5.74, 6) is 0. The zero-order chi connectivity index (χ0) is 12.3. The minimum atomic E-state index is 0. The van der Waals surface area contributed by atoms with E-state index in [1.54, 1.807) is 0 Å². The first-order chi connectivity index (χ1) is 8.22. The van der Waals surface area contributed by atoms with Crippen LogP contribution >= 0.6 is 0 Å². The molecule has 0 saturated heterocycles. The molecule has 0 nitrogen and oxygen atoms in total. The molecular weight excluding hydrogens is 295 g/mol. The van der Waals surface area contributed by atoms with Crippen LogP contribution in [-0.4, -0.2) is 0 Å². The second-order valence-corrected chi connectivity index (χ2v) is 5.21. The SMILES string of the molecule is CCCCCCc1ccc(C)c2[cH-]c(C)cc12.[Zr]. The average molecular weight is 319 g/mol. The van der Waals surface area contributed by atoms with E-state index in [0.29, 0.717) is 0 Å². The molecule has 18 heavy (non-hydrogen) atoms. The maximum Gasteiger partial charge on any atom is 0 e. The zero-order valence-electron chi connectivity index (χ0n) is 11.8. The molecule has 0 saturated carbocycles. The monoisotopic (exact) mass is 317 g/mol. The van der Waals surface area contributed by atoms with Gasteiger partial charge in [-0.25, -0.2) is 0 Å². The van der Waals surface area contributed by atoms with Crippen LogP contribution in [0, 0.1) is 13.8 Å². The van der Waals surface area contributed by atoms with Gasteiger partial charge >= 0.3 is 0 Å². The van der Waals surface area contributed by atoms with E-state index in [9.17, 15) is 0 Å².